The van der Waals surface area contributed by atoms with Crippen molar-refractivity contribution in [2.75, 3.05) is 26.2 Å². The van der Waals surface area contributed by atoms with Gasteiger partial charge in [-0.3, -0.25) is 9.20 Å². The number of fused-ring (bicyclic) bond motifs is 3. The number of hydrogen-bond donors (Lipinski definition) is 1. The summed E-state index contributed by atoms with van der Waals surface area (Å²) in [5.41, 5.74) is 3.94. The number of aromatic nitrogens is 2. The van der Waals surface area contributed by atoms with Crippen molar-refractivity contribution in [3.05, 3.63) is 59.5 Å². The van der Waals surface area contributed by atoms with Gasteiger partial charge in [0.05, 0.1) is 15.9 Å². The molecule has 4 heterocycles. The summed E-state index contributed by atoms with van der Waals surface area (Å²) in [6, 6.07) is 11.4. The molecule has 0 unspecified atom stereocenters. The van der Waals surface area contributed by atoms with Gasteiger partial charge in [-0.1, -0.05) is 17.4 Å². The lowest BCUT2D eigenvalue weighted by atomic mass is 10.0. The predicted molar refractivity (Wildman–Crippen MR) is 145 cm³/mol. The fourth-order valence-corrected chi connectivity index (χ4v) is 6.67. The minimum absolute atomic E-state index is 0.149. The molecule has 0 bridgehead atoms. The zero-order valence-electron chi connectivity index (χ0n) is 20.9. The molecule has 0 spiro atoms. The number of alkyl halides is 1. The third-order valence-corrected chi connectivity index (χ3v) is 8.81. The normalized spacial score (nSPS) is 19.4. The molecule has 2 saturated heterocycles. The number of halogens is 2. The van der Waals surface area contributed by atoms with Crippen LogP contribution in [-0.4, -0.2) is 52.4 Å². The highest BCUT2D eigenvalue weighted by Crippen LogP contribution is 2.33. The molecule has 194 valence electrons. The summed E-state index contributed by atoms with van der Waals surface area (Å²) in [6.45, 7) is 3.58. The van der Waals surface area contributed by atoms with Crippen molar-refractivity contribution in [2.45, 2.75) is 57.2 Å². The Balaban J connectivity index is 1.14. The Kier molecular flexibility index (Phi) is 7.06. The fraction of sp³-hybridized carbons (Fsp3) is 0.448. The SMILES string of the molecule is O=C(CCCCN1CCC(F)CC1)c1ccc2c(c1)sc1nc(-c3cc([C@H]4CCCN4)ccc3F)cn12. The first-order valence-corrected chi connectivity index (χ1v) is 14.2. The first-order valence-electron chi connectivity index (χ1n) is 13.4. The van der Waals surface area contributed by atoms with Gasteiger partial charge < -0.3 is 10.2 Å². The van der Waals surface area contributed by atoms with E-state index in [0.717, 1.165) is 78.2 Å². The highest BCUT2D eigenvalue weighted by Gasteiger charge is 2.20. The second-order valence-corrected chi connectivity index (χ2v) is 11.4. The van der Waals surface area contributed by atoms with Gasteiger partial charge in [-0.2, -0.15) is 0 Å². The second-order valence-electron chi connectivity index (χ2n) is 10.3. The van der Waals surface area contributed by atoms with Gasteiger partial charge in [0.15, 0.2) is 10.7 Å². The largest absolute Gasteiger partial charge is 0.310 e. The topological polar surface area (TPSA) is 49.6 Å². The fourth-order valence-electron chi connectivity index (χ4n) is 5.62. The molecular weight excluding hydrogens is 490 g/mol. The first-order chi connectivity index (χ1) is 18.0. The lowest BCUT2D eigenvalue weighted by Crippen LogP contribution is -2.35. The Morgan fingerprint density at radius 1 is 1.11 bits per heavy atom. The number of likely N-dealkylation sites (tertiary alicyclic amines) is 1. The van der Waals surface area contributed by atoms with Crippen LogP contribution < -0.4 is 5.32 Å². The van der Waals surface area contributed by atoms with E-state index in [4.69, 9.17) is 4.98 Å². The quantitative estimate of drug-likeness (QED) is 0.210. The van der Waals surface area contributed by atoms with E-state index in [1.54, 1.807) is 6.07 Å². The molecule has 4 aromatic rings. The lowest BCUT2D eigenvalue weighted by molar-refractivity contribution is 0.0976. The average molecular weight is 523 g/mol. The van der Waals surface area contributed by atoms with Gasteiger partial charge in [0.1, 0.15) is 12.0 Å². The molecule has 2 aromatic carbocycles. The molecule has 0 saturated carbocycles. The minimum atomic E-state index is -0.647. The zero-order chi connectivity index (χ0) is 25.4. The van der Waals surface area contributed by atoms with Crippen molar-refractivity contribution in [1.82, 2.24) is 19.6 Å². The van der Waals surface area contributed by atoms with Crippen molar-refractivity contribution in [3.63, 3.8) is 0 Å². The summed E-state index contributed by atoms with van der Waals surface area (Å²) in [5.74, 6) is -0.118. The number of hydrogen-bond acceptors (Lipinski definition) is 5. The van der Waals surface area contributed by atoms with E-state index < -0.39 is 6.17 Å². The molecule has 0 amide bonds. The number of ketones is 1. The highest BCUT2D eigenvalue weighted by molar-refractivity contribution is 7.23. The number of unbranched alkanes of at least 4 members (excludes halogenated alkanes) is 1. The molecule has 37 heavy (non-hydrogen) atoms. The smallest absolute Gasteiger partial charge is 0.195 e. The van der Waals surface area contributed by atoms with E-state index in [1.807, 2.05) is 40.9 Å². The predicted octanol–water partition coefficient (Wildman–Crippen LogP) is 6.57. The van der Waals surface area contributed by atoms with Crippen LogP contribution in [0.15, 0.2) is 42.6 Å². The van der Waals surface area contributed by atoms with Gasteiger partial charge in [-0.05, 0) is 87.5 Å². The first kappa shape index (κ1) is 24.6. The zero-order valence-corrected chi connectivity index (χ0v) is 21.7. The van der Waals surface area contributed by atoms with Crippen LogP contribution >= 0.6 is 11.3 Å². The number of benzene rings is 2. The van der Waals surface area contributed by atoms with Gasteiger partial charge in [0, 0.05) is 42.9 Å². The van der Waals surface area contributed by atoms with Gasteiger partial charge >= 0.3 is 0 Å². The van der Waals surface area contributed by atoms with E-state index in [9.17, 15) is 13.6 Å². The van der Waals surface area contributed by atoms with Crippen molar-refractivity contribution in [2.24, 2.45) is 0 Å². The molecule has 1 atom stereocenters. The van der Waals surface area contributed by atoms with Crippen LogP contribution in [0.2, 0.25) is 0 Å². The molecule has 2 aliphatic heterocycles. The van der Waals surface area contributed by atoms with E-state index >= 15 is 0 Å². The number of rotatable bonds is 8. The summed E-state index contributed by atoms with van der Waals surface area (Å²) in [4.78, 5) is 20.7. The number of imidazole rings is 1. The summed E-state index contributed by atoms with van der Waals surface area (Å²) in [5, 5.41) is 3.48. The van der Waals surface area contributed by atoms with E-state index in [2.05, 4.69) is 10.2 Å². The molecule has 0 aliphatic carbocycles. The molecule has 1 N–H and O–H groups in total. The van der Waals surface area contributed by atoms with Crippen molar-refractivity contribution in [1.29, 1.82) is 0 Å². The summed E-state index contributed by atoms with van der Waals surface area (Å²) >= 11 is 1.52. The van der Waals surface area contributed by atoms with Crippen LogP contribution in [-0.2, 0) is 0 Å². The average Bonchev–Trinajstić information content (AvgIpc) is 3.64. The third kappa shape index (κ3) is 5.19. The molecule has 8 heteroatoms. The molecule has 5 nitrogen and oxygen atoms in total. The number of thiazole rings is 1. The van der Waals surface area contributed by atoms with E-state index in [1.165, 1.54) is 11.3 Å². The lowest BCUT2D eigenvalue weighted by Gasteiger charge is -2.28. The van der Waals surface area contributed by atoms with Crippen molar-refractivity contribution < 1.29 is 13.6 Å². The highest BCUT2D eigenvalue weighted by atomic mass is 32.1. The number of carbonyl (C=O) groups excluding carboxylic acids is 1. The van der Waals surface area contributed by atoms with Crippen LogP contribution in [0.25, 0.3) is 26.4 Å². The molecule has 0 radical (unpaired) electrons. The number of nitrogens with zero attached hydrogens (tertiary/aromatic N) is 3. The monoisotopic (exact) mass is 522 g/mol. The van der Waals surface area contributed by atoms with Crippen LogP contribution in [0.1, 0.15) is 66.9 Å². The maximum Gasteiger partial charge on any atom is 0.195 e. The molecule has 6 rings (SSSR count). The summed E-state index contributed by atoms with van der Waals surface area (Å²) < 4.78 is 31.0. The third-order valence-electron chi connectivity index (χ3n) is 7.79. The molecule has 2 aliphatic rings. The number of Topliss-reactive ketones (excluding diaryl/α,β-unsaturated/α-hetero) is 1. The standard InChI is InChI=1S/C29H32F2N4OS/c30-21-10-14-34(15-11-21)13-2-1-5-27(36)20-7-9-26-28(17-20)37-29-33-25(18-35(26)29)22-16-19(6-8-23(22)31)24-4-3-12-32-24/h6-9,16-18,21,24,32H,1-5,10-15H2/t24-/m1/s1. The molecular formula is C29H32F2N4OS. The van der Waals surface area contributed by atoms with E-state index in [-0.39, 0.29) is 17.6 Å². The van der Waals surface area contributed by atoms with Crippen molar-refractivity contribution >= 4 is 32.3 Å². The Bertz CT molecular complexity index is 1420. The van der Waals surface area contributed by atoms with Gasteiger partial charge in [0.2, 0.25) is 0 Å². The Morgan fingerprint density at radius 3 is 2.78 bits per heavy atom. The second kappa shape index (κ2) is 10.6. The van der Waals surface area contributed by atoms with Crippen molar-refractivity contribution in [3.8, 4) is 11.3 Å². The Morgan fingerprint density at radius 2 is 1.97 bits per heavy atom. The van der Waals surface area contributed by atoms with Crippen LogP contribution in [0.5, 0.6) is 0 Å². The Hall–Kier alpha value is -2.68. The van der Waals surface area contributed by atoms with Gasteiger partial charge in [-0.15, -0.1) is 0 Å². The summed E-state index contributed by atoms with van der Waals surface area (Å²) in [6.07, 6.45) is 7.01. The summed E-state index contributed by atoms with van der Waals surface area (Å²) in [7, 11) is 0. The minimum Gasteiger partial charge on any atom is -0.310 e. The maximum atomic E-state index is 14.8. The molecule has 2 aromatic heterocycles. The number of nitrogens with one attached hydrogen (secondary N) is 1. The van der Waals surface area contributed by atoms with Gasteiger partial charge in [-0.25, -0.2) is 13.8 Å². The van der Waals surface area contributed by atoms with Gasteiger partial charge in [0.25, 0.3) is 0 Å². The number of piperidine rings is 1. The van der Waals surface area contributed by atoms with Crippen LogP contribution in [0.3, 0.4) is 0 Å². The van der Waals surface area contributed by atoms with Crippen LogP contribution in [0, 0.1) is 5.82 Å². The number of carbonyl (C=O) groups is 1. The maximum absolute atomic E-state index is 14.8. The Labute approximate surface area is 219 Å². The van der Waals surface area contributed by atoms with Crippen LogP contribution in [0.4, 0.5) is 8.78 Å². The van der Waals surface area contributed by atoms with E-state index in [0.29, 0.717) is 30.5 Å². The molecule has 2 fully saturated rings.